The molecule has 5 rings (SSSR count). The molecule has 3 aromatic heterocycles. The van der Waals surface area contributed by atoms with Crippen LogP contribution in [0.1, 0.15) is 22.3 Å². The minimum Gasteiger partial charge on any atom is -0.497 e. The van der Waals surface area contributed by atoms with Crippen molar-refractivity contribution < 1.29 is 27.9 Å². The zero-order valence-corrected chi connectivity index (χ0v) is 22.0. The Morgan fingerprint density at radius 1 is 1.02 bits per heavy atom. The molecular weight excluding hydrogens is 563 g/mol. The van der Waals surface area contributed by atoms with Crippen LogP contribution in [0.2, 0.25) is 0 Å². The molecule has 0 fully saturated rings. The van der Waals surface area contributed by atoms with Gasteiger partial charge >= 0.3 is 6.18 Å². The number of fused-ring (bicyclic) bond motifs is 1. The molecular formula is C26H20F3N7O4S. The van der Waals surface area contributed by atoms with Gasteiger partial charge in [0.25, 0.3) is 5.56 Å². The molecule has 1 N–H and O–H groups in total. The summed E-state index contributed by atoms with van der Waals surface area (Å²) in [6.45, 7) is 0.222. The molecule has 0 saturated heterocycles. The number of nitrogens with zero attached hydrogens (tertiary/aromatic N) is 7. The Balaban J connectivity index is 1.44. The molecule has 210 valence electrons. The molecule has 0 aliphatic rings. The lowest BCUT2D eigenvalue weighted by Crippen LogP contribution is -2.26. The van der Waals surface area contributed by atoms with Gasteiger partial charge in [0.15, 0.2) is 16.5 Å². The topological polar surface area (TPSA) is 129 Å². The van der Waals surface area contributed by atoms with Gasteiger partial charge in [0.05, 0.1) is 37.5 Å². The van der Waals surface area contributed by atoms with Gasteiger partial charge in [-0.25, -0.2) is 14.5 Å². The number of thioether (sulfide) groups is 1. The monoisotopic (exact) mass is 583 g/mol. The Hall–Kier alpha value is -4.92. The van der Waals surface area contributed by atoms with E-state index in [1.807, 2.05) is 12.1 Å². The normalized spacial score (nSPS) is 11.8. The van der Waals surface area contributed by atoms with E-state index in [0.29, 0.717) is 11.3 Å². The number of rotatable bonds is 9. The predicted molar refractivity (Wildman–Crippen MR) is 142 cm³/mol. The number of ether oxygens (including phenoxy) is 2. The largest absolute Gasteiger partial charge is 0.497 e. The molecule has 0 saturated carbocycles. The first-order valence-corrected chi connectivity index (χ1v) is 12.8. The van der Waals surface area contributed by atoms with E-state index in [4.69, 9.17) is 14.7 Å². The van der Waals surface area contributed by atoms with Crippen molar-refractivity contribution in [3.05, 3.63) is 99.7 Å². The summed E-state index contributed by atoms with van der Waals surface area (Å²) in [5, 5.41) is 20.6. The first-order chi connectivity index (χ1) is 19.8. The van der Waals surface area contributed by atoms with E-state index in [9.17, 15) is 18.0 Å². The van der Waals surface area contributed by atoms with Crippen molar-refractivity contribution in [2.45, 2.75) is 23.7 Å². The van der Waals surface area contributed by atoms with Crippen molar-refractivity contribution >= 4 is 23.5 Å². The minimum atomic E-state index is -4.45. The molecule has 0 atom stereocenters. The quantitative estimate of drug-likeness (QED) is 0.116. The maximum Gasteiger partial charge on any atom is 0.416 e. The number of aromatic nitrogens is 6. The van der Waals surface area contributed by atoms with Gasteiger partial charge in [-0.1, -0.05) is 41.2 Å². The average molecular weight is 584 g/mol. The average Bonchev–Trinajstić information content (AvgIpc) is 3.38. The molecule has 0 bridgehead atoms. The van der Waals surface area contributed by atoms with Crippen molar-refractivity contribution in [1.29, 1.82) is 0 Å². The third kappa shape index (κ3) is 6.14. The number of oxime groups is 1. The predicted octanol–water partition coefficient (Wildman–Crippen LogP) is 4.38. The second kappa shape index (κ2) is 11.7. The van der Waals surface area contributed by atoms with Gasteiger partial charge in [-0.05, 0) is 35.4 Å². The summed E-state index contributed by atoms with van der Waals surface area (Å²) in [5.74, 6) is 1.24. The van der Waals surface area contributed by atoms with Crippen molar-refractivity contribution in [2.75, 3.05) is 7.11 Å². The zero-order chi connectivity index (χ0) is 29.0. The number of halogens is 3. The van der Waals surface area contributed by atoms with Crippen LogP contribution < -0.4 is 15.0 Å². The first kappa shape index (κ1) is 27.6. The van der Waals surface area contributed by atoms with Crippen LogP contribution in [0.4, 0.5) is 13.2 Å². The van der Waals surface area contributed by atoms with E-state index in [1.165, 1.54) is 35.3 Å². The molecule has 41 heavy (non-hydrogen) atoms. The van der Waals surface area contributed by atoms with Crippen LogP contribution in [0.3, 0.4) is 0 Å². The summed E-state index contributed by atoms with van der Waals surface area (Å²) in [6.07, 6.45) is 0.595. The van der Waals surface area contributed by atoms with Gasteiger partial charge in [0, 0.05) is 11.3 Å². The Kier molecular flexibility index (Phi) is 7.87. The van der Waals surface area contributed by atoms with E-state index in [2.05, 4.69) is 25.3 Å². The lowest BCUT2D eigenvalue weighted by atomic mass is 10.1. The molecule has 0 spiro atoms. The highest BCUT2D eigenvalue weighted by Gasteiger charge is 2.30. The Morgan fingerprint density at radius 2 is 1.76 bits per heavy atom. The number of hydrogen-bond donors (Lipinski definition) is 1. The number of methoxy groups -OCH3 is 1. The summed E-state index contributed by atoms with van der Waals surface area (Å²) < 4.78 is 51.9. The molecule has 5 aromatic rings. The number of alkyl halides is 3. The highest BCUT2D eigenvalue weighted by Crippen LogP contribution is 2.30. The van der Waals surface area contributed by atoms with E-state index in [0.717, 1.165) is 40.3 Å². The second-order valence-corrected chi connectivity index (χ2v) is 9.38. The highest BCUT2D eigenvalue weighted by atomic mass is 32.2. The van der Waals surface area contributed by atoms with Gasteiger partial charge in [-0.15, -0.1) is 9.73 Å². The minimum absolute atomic E-state index is 0.0170. The van der Waals surface area contributed by atoms with Crippen molar-refractivity contribution in [3.8, 4) is 17.4 Å². The summed E-state index contributed by atoms with van der Waals surface area (Å²) in [7, 11) is 1.58. The van der Waals surface area contributed by atoms with E-state index < -0.39 is 17.3 Å². The Labute approximate surface area is 233 Å². The van der Waals surface area contributed by atoms with Gasteiger partial charge < -0.3 is 14.7 Å². The van der Waals surface area contributed by atoms with Crippen LogP contribution in [0.15, 0.2) is 82.2 Å². The standard InChI is InChI=1S/C26H20F3N7O4S/c1-39-20-8-4-16(5-9-20)14-40-22-13-30-21(12-31-22)35-24(37)23-18(11-33-38)10-32-36(23)34-25(35)41-15-17-2-6-19(7-3-17)26(27,28)29/h2-13,38H,14-15H2,1H3/b33-11+. The number of benzene rings is 2. The molecule has 15 heteroatoms. The van der Waals surface area contributed by atoms with Crippen LogP contribution in [0.25, 0.3) is 11.3 Å². The smallest absolute Gasteiger partial charge is 0.416 e. The summed E-state index contributed by atoms with van der Waals surface area (Å²) in [5.41, 5.74) is 0.341. The Morgan fingerprint density at radius 3 is 2.39 bits per heavy atom. The molecule has 11 nitrogen and oxygen atoms in total. The maximum atomic E-state index is 13.6. The molecule has 0 unspecified atom stereocenters. The van der Waals surface area contributed by atoms with Crippen LogP contribution in [-0.4, -0.2) is 47.9 Å². The van der Waals surface area contributed by atoms with E-state index in [-0.39, 0.29) is 40.3 Å². The van der Waals surface area contributed by atoms with Crippen LogP contribution in [0.5, 0.6) is 11.6 Å². The van der Waals surface area contributed by atoms with Crippen LogP contribution in [-0.2, 0) is 18.5 Å². The molecule has 0 aliphatic heterocycles. The van der Waals surface area contributed by atoms with Gasteiger partial charge in [-0.3, -0.25) is 4.79 Å². The fourth-order valence-corrected chi connectivity index (χ4v) is 4.65. The van der Waals surface area contributed by atoms with E-state index >= 15 is 0 Å². The Bertz CT molecular complexity index is 1740. The molecule has 2 aromatic carbocycles. The second-order valence-electron chi connectivity index (χ2n) is 8.44. The van der Waals surface area contributed by atoms with Gasteiger partial charge in [0.1, 0.15) is 12.4 Å². The third-order valence-electron chi connectivity index (χ3n) is 5.79. The van der Waals surface area contributed by atoms with Crippen LogP contribution in [0, 0.1) is 0 Å². The molecule has 0 radical (unpaired) electrons. The van der Waals surface area contributed by atoms with Crippen molar-refractivity contribution in [3.63, 3.8) is 0 Å². The fourth-order valence-electron chi connectivity index (χ4n) is 3.72. The summed E-state index contributed by atoms with van der Waals surface area (Å²) in [4.78, 5) is 22.2. The molecule has 3 heterocycles. The first-order valence-electron chi connectivity index (χ1n) is 11.8. The lowest BCUT2D eigenvalue weighted by molar-refractivity contribution is -0.137. The van der Waals surface area contributed by atoms with Crippen molar-refractivity contribution in [1.82, 2.24) is 29.4 Å². The summed E-state index contributed by atoms with van der Waals surface area (Å²) in [6, 6.07) is 12.0. The van der Waals surface area contributed by atoms with Crippen LogP contribution >= 0.6 is 11.8 Å². The van der Waals surface area contributed by atoms with Crippen molar-refractivity contribution in [2.24, 2.45) is 5.16 Å². The van der Waals surface area contributed by atoms with Gasteiger partial charge in [0.2, 0.25) is 5.88 Å². The lowest BCUT2D eigenvalue weighted by Gasteiger charge is -2.12. The SMILES string of the molecule is COc1ccc(COc2cnc(-n3c(SCc4ccc(C(F)(F)F)cc4)nn4ncc(/C=N/O)c4c3=O)cn2)cc1. The van der Waals surface area contributed by atoms with E-state index in [1.54, 1.807) is 19.2 Å². The third-order valence-corrected chi connectivity index (χ3v) is 6.79. The molecule has 0 amide bonds. The zero-order valence-electron chi connectivity index (χ0n) is 21.2. The number of hydrogen-bond acceptors (Lipinski definition) is 10. The fraction of sp³-hybridized carbons (Fsp3) is 0.154. The highest BCUT2D eigenvalue weighted by molar-refractivity contribution is 7.98. The summed E-state index contributed by atoms with van der Waals surface area (Å²) >= 11 is 1.09. The maximum absolute atomic E-state index is 13.6. The molecule has 0 aliphatic carbocycles. The van der Waals surface area contributed by atoms with Gasteiger partial charge in [-0.2, -0.15) is 18.3 Å².